The van der Waals surface area contributed by atoms with Crippen LogP contribution >= 0.6 is 0 Å². The molecule has 1 rings (SSSR count). The first-order valence-electron chi connectivity index (χ1n) is 13.3. The first-order chi connectivity index (χ1) is 16.0. The van der Waals surface area contributed by atoms with Gasteiger partial charge in [-0.05, 0) is 19.4 Å². The van der Waals surface area contributed by atoms with Crippen molar-refractivity contribution in [2.75, 3.05) is 0 Å². The first-order valence-corrected chi connectivity index (χ1v) is 13.3. The number of aromatic hydroxyl groups is 1. The number of ether oxygens (including phenoxy) is 1. The highest BCUT2D eigenvalue weighted by atomic mass is 16.6. The zero-order valence-electron chi connectivity index (χ0n) is 21.1. The van der Waals surface area contributed by atoms with Gasteiger partial charge in [0.2, 0.25) is 0 Å². The molecule has 0 unspecified atom stereocenters. The molecule has 0 aliphatic carbocycles. The molecule has 5 heteroatoms. The number of rotatable bonds is 20. The lowest BCUT2D eigenvalue weighted by Gasteiger charge is -2.13. The summed E-state index contributed by atoms with van der Waals surface area (Å²) in [6.07, 6.45) is 19.4. The summed E-state index contributed by atoms with van der Waals surface area (Å²) in [6, 6.07) is 6.32. The Morgan fingerprint density at radius 3 is 1.82 bits per heavy atom. The van der Waals surface area contributed by atoms with E-state index in [2.05, 4.69) is 12.2 Å². The lowest BCUT2D eigenvalue weighted by molar-refractivity contribution is -0.161. The molecule has 0 spiro atoms. The number of unbranched alkanes of at least 4 members (excludes halogenated alkanes) is 14. The van der Waals surface area contributed by atoms with E-state index in [-0.39, 0.29) is 12.2 Å². The zero-order chi connectivity index (χ0) is 24.2. The maximum absolute atomic E-state index is 12.1. The third kappa shape index (κ3) is 15.6. The van der Waals surface area contributed by atoms with Crippen LogP contribution in [0.15, 0.2) is 24.3 Å². The van der Waals surface area contributed by atoms with Crippen molar-refractivity contribution in [3.8, 4) is 5.75 Å². The number of carbonyl (C=O) groups excluding carboxylic acids is 2. The predicted octanol–water partition coefficient (Wildman–Crippen LogP) is 7.20. The largest absolute Gasteiger partial charge is 0.508 e. The molecule has 5 nitrogen and oxygen atoms in total. The van der Waals surface area contributed by atoms with Crippen molar-refractivity contribution < 1.29 is 19.4 Å². The van der Waals surface area contributed by atoms with Gasteiger partial charge in [-0.2, -0.15) is 0 Å². The molecule has 0 fully saturated rings. The summed E-state index contributed by atoms with van der Waals surface area (Å²) < 4.78 is 4.95. The summed E-state index contributed by atoms with van der Waals surface area (Å²) in [5.74, 6) is -0.850. The number of phenols is 1. The number of hydrogen-bond acceptors (Lipinski definition) is 5. The zero-order valence-corrected chi connectivity index (χ0v) is 21.1. The van der Waals surface area contributed by atoms with Crippen molar-refractivity contribution in [2.45, 2.75) is 129 Å². The molecule has 0 aliphatic rings. The van der Waals surface area contributed by atoms with Gasteiger partial charge in [0.1, 0.15) is 11.8 Å². The van der Waals surface area contributed by atoms with Crippen LogP contribution in [0.25, 0.3) is 0 Å². The minimum Gasteiger partial charge on any atom is -0.508 e. The number of para-hydroxylation sites is 1. The Hall–Kier alpha value is -1.88. The summed E-state index contributed by atoms with van der Waals surface area (Å²) in [4.78, 5) is 24.0. The van der Waals surface area contributed by atoms with Crippen molar-refractivity contribution in [2.24, 2.45) is 0 Å². The molecule has 1 atom stereocenters. The summed E-state index contributed by atoms with van der Waals surface area (Å²) >= 11 is 0. The molecule has 0 saturated carbocycles. The minimum atomic E-state index is -0.616. The smallest absolute Gasteiger partial charge is 0.330 e. The van der Waals surface area contributed by atoms with Crippen molar-refractivity contribution in [3.05, 3.63) is 29.8 Å². The van der Waals surface area contributed by atoms with E-state index in [1.54, 1.807) is 25.1 Å². The second-order valence-electron chi connectivity index (χ2n) is 9.22. The van der Waals surface area contributed by atoms with E-state index in [0.29, 0.717) is 12.1 Å². The topological polar surface area (TPSA) is 75.6 Å². The van der Waals surface area contributed by atoms with Crippen LogP contribution in [-0.2, 0) is 20.9 Å². The van der Waals surface area contributed by atoms with E-state index in [1.807, 2.05) is 6.07 Å². The number of phenolic OH excluding ortho intramolecular Hbond substituents is 1. The van der Waals surface area contributed by atoms with E-state index in [1.165, 1.54) is 77.0 Å². The van der Waals surface area contributed by atoms with Crippen LogP contribution in [0, 0.1) is 0 Å². The fraction of sp³-hybridized carbons (Fsp3) is 0.714. The van der Waals surface area contributed by atoms with Crippen LogP contribution < -0.4 is 5.32 Å². The van der Waals surface area contributed by atoms with Crippen molar-refractivity contribution in [1.29, 1.82) is 0 Å². The molecule has 33 heavy (non-hydrogen) atoms. The highest BCUT2D eigenvalue weighted by Gasteiger charge is 2.18. The molecule has 0 heterocycles. The molecule has 0 bridgehead atoms. The van der Waals surface area contributed by atoms with Crippen molar-refractivity contribution in [1.82, 2.24) is 5.32 Å². The normalized spacial score (nSPS) is 11.9. The Labute approximate surface area is 201 Å². The highest BCUT2D eigenvalue weighted by molar-refractivity contribution is 5.88. The molecule has 0 aromatic heterocycles. The first kappa shape index (κ1) is 29.2. The van der Waals surface area contributed by atoms with Gasteiger partial charge in [0, 0.05) is 18.5 Å². The number of esters is 2. The van der Waals surface area contributed by atoms with Gasteiger partial charge in [0.05, 0.1) is 0 Å². The van der Waals surface area contributed by atoms with Gasteiger partial charge in [-0.1, -0.05) is 115 Å². The van der Waals surface area contributed by atoms with Gasteiger partial charge < -0.3 is 15.2 Å². The summed E-state index contributed by atoms with van der Waals surface area (Å²) in [7, 11) is 0. The maximum atomic E-state index is 12.1. The van der Waals surface area contributed by atoms with Crippen LogP contribution in [0.3, 0.4) is 0 Å². The quantitative estimate of drug-likeness (QED) is 0.122. The lowest BCUT2D eigenvalue weighted by atomic mass is 10.0. The second-order valence-corrected chi connectivity index (χ2v) is 9.22. The van der Waals surface area contributed by atoms with E-state index < -0.39 is 18.0 Å². The van der Waals surface area contributed by atoms with Crippen LogP contribution in [-0.4, -0.2) is 23.1 Å². The van der Waals surface area contributed by atoms with Gasteiger partial charge in [-0.25, -0.2) is 4.79 Å². The number of nitrogens with one attached hydrogen (secondary N) is 1. The Kier molecular flexibility index (Phi) is 17.3. The molecule has 0 radical (unpaired) electrons. The molecule has 0 saturated heterocycles. The third-order valence-corrected chi connectivity index (χ3v) is 6.14. The Morgan fingerprint density at radius 1 is 0.818 bits per heavy atom. The maximum Gasteiger partial charge on any atom is 0.330 e. The summed E-state index contributed by atoms with van der Waals surface area (Å²) in [6.45, 7) is 4.25. The van der Waals surface area contributed by atoms with Gasteiger partial charge in [0.15, 0.2) is 0 Å². The van der Waals surface area contributed by atoms with Crippen molar-refractivity contribution >= 4 is 11.9 Å². The number of benzene rings is 1. The molecular formula is C28H47NO4. The second kappa shape index (κ2) is 19.6. The van der Waals surface area contributed by atoms with E-state index in [0.717, 1.165) is 19.3 Å². The predicted molar refractivity (Wildman–Crippen MR) is 135 cm³/mol. The molecule has 0 amide bonds. The average molecular weight is 462 g/mol. The van der Waals surface area contributed by atoms with E-state index in [4.69, 9.17) is 4.74 Å². The standard InChI is InChI=1S/C28H47NO4/c1-3-4-5-6-7-8-9-10-11-12-13-14-15-16-17-22-27(31)33-28(32)24(2)29-23-25-20-18-19-21-26(25)30/h18-21,24,29-30H,3-17,22-23H2,1-2H3/t24-/m0/s1. The lowest BCUT2D eigenvalue weighted by Crippen LogP contribution is -2.36. The molecule has 2 N–H and O–H groups in total. The van der Waals surface area contributed by atoms with Crippen LogP contribution in [0.2, 0.25) is 0 Å². The van der Waals surface area contributed by atoms with Crippen LogP contribution in [0.1, 0.15) is 122 Å². The average Bonchev–Trinajstić information content (AvgIpc) is 2.80. The molecule has 1 aromatic carbocycles. The van der Waals surface area contributed by atoms with Crippen LogP contribution in [0.5, 0.6) is 5.75 Å². The molecule has 0 aliphatic heterocycles. The number of carbonyl (C=O) groups is 2. The highest BCUT2D eigenvalue weighted by Crippen LogP contribution is 2.16. The summed E-state index contributed by atoms with van der Waals surface area (Å²) in [5.41, 5.74) is 0.696. The monoisotopic (exact) mass is 461 g/mol. The van der Waals surface area contributed by atoms with Gasteiger partial charge in [-0.3, -0.25) is 4.79 Å². The molecule has 1 aromatic rings. The van der Waals surface area contributed by atoms with Gasteiger partial charge in [0.25, 0.3) is 0 Å². The minimum absolute atomic E-state index is 0.176. The fourth-order valence-electron chi connectivity index (χ4n) is 3.90. The van der Waals surface area contributed by atoms with Gasteiger partial charge in [-0.15, -0.1) is 0 Å². The van der Waals surface area contributed by atoms with Gasteiger partial charge >= 0.3 is 11.9 Å². The van der Waals surface area contributed by atoms with E-state index in [9.17, 15) is 14.7 Å². The fourth-order valence-corrected chi connectivity index (χ4v) is 3.90. The van der Waals surface area contributed by atoms with Crippen LogP contribution in [0.4, 0.5) is 0 Å². The Morgan fingerprint density at radius 2 is 1.30 bits per heavy atom. The summed E-state index contributed by atoms with van der Waals surface area (Å²) in [5, 5.41) is 12.7. The third-order valence-electron chi connectivity index (χ3n) is 6.14. The molecular weight excluding hydrogens is 414 g/mol. The SMILES string of the molecule is CCCCCCCCCCCCCCCCCC(=O)OC(=O)[C@H](C)NCc1ccccc1O. The van der Waals surface area contributed by atoms with Crippen molar-refractivity contribution in [3.63, 3.8) is 0 Å². The number of hydrogen-bond donors (Lipinski definition) is 2. The molecule has 188 valence electrons. The Balaban J connectivity index is 1.93. The Bertz CT molecular complexity index is 647. The van der Waals surface area contributed by atoms with E-state index >= 15 is 0 Å².